The third-order valence-corrected chi connectivity index (χ3v) is 4.99. The fraction of sp³-hybridized carbons (Fsp3) is 0.650. The van der Waals surface area contributed by atoms with Crippen molar-refractivity contribution in [2.75, 3.05) is 19.8 Å². The molecule has 4 heteroatoms. The molecule has 0 spiro atoms. The molecule has 1 heterocycles. The molecule has 0 aromatic heterocycles. The fourth-order valence-corrected chi connectivity index (χ4v) is 3.58. The predicted octanol–water partition coefficient (Wildman–Crippen LogP) is 3.01. The van der Waals surface area contributed by atoms with Crippen LogP contribution >= 0.6 is 0 Å². The van der Waals surface area contributed by atoms with Gasteiger partial charge in [-0.15, -0.1) is 0 Å². The number of ether oxygens (including phenoxy) is 1. The van der Waals surface area contributed by atoms with Crippen LogP contribution in [0.15, 0.2) is 30.3 Å². The molecule has 24 heavy (non-hydrogen) atoms. The Labute approximate surface area is 146 Å². The zero-order valence-corrected chi connectivity index (χ0v) is 15.3. The minimum Gasteiger partial charge on any atom is -0.381 e. The average Bonchev–Trinajstić information content (AvgIpc) is 2.92. The quantitative estimate of drug-likeness (QED) is 0.707. The molecule has 1 aliphatic rings. The van der Waals surface area contributed by atoms with E-state index in [1.54, 1.807) is 0 Å². The fourth-order valence-electron chi connectivity index (χ4n) is 3.58. The van der Waals surface area contributed by atoms with Crippen LogP contribution in [0, 0.1) is 0 Å². The van der Waals surface area contributed by atoms with E-state index in [2.05, 4.69) is 36.2 Å². The van der Waals surface area contributed by atoms with Gasteiger partial charge >= 0.3 is 0 Å². The summed E-state index contributed by atoms with van der Waals surface area (Å²) in [4.78, 5) is 14.6. The molecule has 0 unspecified atom stereocenters. The summed E-state index contributed by atoms with van der Waals surface area (Å²) in [6.07, 6.45) is 4.18. The lowest BCUT2D eigenvalue weighted by atomic mass is 10.2. The van der Waals surface area contributed by atoms with Crippen LogP contribution in [-0.4, -0.2) is 48.7 Å². The minimum absolute atomic E-state index is 0.0449. The number of nitrogens with zero attached hydrogens (tertiary/aromatic N) is 1. The van der Waals surface area contributed by atoms with Crippen molar-refractivity contribution in [1.29, 1.82) is 0 Å². The van der Waals surface area contributed by atoms with Crippen molar-refractivity contribution in [3.63, 3.8) is 0 Å². The van der Waals surface area contributed by atoms with Gasteiger partial charge in [0.15, 0.2) is 0 Å². The standard InChI is InChI=1S/C20H32N2O2/c1-16-10-11-17(2)22(16)18(3)20(23)21-13-7-14-24-15-12-19-8-5-4-6-9-19/h4-6,8-9,16-18H,7,10-15H2,1-3H3,(H,21,23)/t16-,17-,18+/m1/s1. The summed E-state index contributed by atoms with van der Waals surface area (Å²) >= 11 is 0. The van der Waals surface area contributed by atoms with E-state index in [0.717, 1.165) is 19.4 Å². The van der Waals surface area contributed by atoms with Crippen molar-refractivity contribution in [3.05, 3.63) is 35.9 Å². The second-order valence-corrected chi connectivity index (χ2v) is 6.89. The van der Waals surface area contributed by atoms with Crippen molar-refractivity contribution in [3.8, 4) is 0 Å². The summed E-state index contributed by atoms with van der Waals surface area (Å²) < 4.78 is 5.65. The topological polar surface area (TPSA) is 41.6 Å². The molecule has 1 aromatic rings. The smallest absolute Gasteiger partial charge is 0.237 e. The summed E-state index contributed by atoms with van der Waals surface area (Å²) in [7, 11) is 0. The summed E-state index contributed by atoms with van der Waals surface area (Å²) in [5, 5.41) is 3.05. The van der Waals surface area contributed by atoms with Gasteiger partial charge in [0.25, 0.3) is 0 Å². The molecular formula is C20H32N2O2. The Morgan fingerprint density at radius 3 is 2.54 bits per heavy atom. The molecule has 3 atom stereocenters. The zero-order valence-electron chi connectivity index (χ0n) is 15.3. The average molecular weight is 332 g/mol. The second kappa shape index (κ2) is 9.80. The van der Waals surface area contributed by atoms with Crippen LogP contribution < -0.4 is 5.32 Å². The lowest BCUT2D eigenvalue weighted by Crippen LogP contribution is -2.49. The maximum Gasteiger partial charge on any atom is 0.237 e. The van der Waals surface area contributed by atoms with E-state index in [0.29, 0.717) is 25.2 Å². The Kier molecular flexibility index (Phi) is 7.73. The molecule has 1 saturated heterocycles. The summed E-state index contributed by atoms with van der Waals surface area (Å²) in [5.41, 5.74) is 1.30. The van der Waals surface area contributed by atoms with Crippen LogP contribution in [0.1, 0.15) is 45.6 Å². The number of carbonyl (C=O) groups excluding carboxylic acids is 1. The molecule has 0 saturated carbocycles. The normalized spacial score (nSPS) is 22.5. The Balaban J connectivity index is 1.54. The van der Waals surface area contributed by atoms with E-state index in [4.69, 9.17) is 4.74 Å². The SMILES string of the molecule is C[C@@H]1CC[C@@H](C)N1[C@@H](C)C(=O)NCCCOCCc1ccccc1. The van der Waals surface area contributed by atoms with Gasteiger partial charge in [0, 0.05) is 25.2 Å². The van der Waals surface area contributed by atoms with Crippen LogP contribution in [0.3, 0.4) is 0 Å². The Hall–Kier alpha value is -1.39. The molecule has 1 aliphatic heterocycles. The molecule has 1 N–H and O–H groups in total. The number of amides is 1. The van der Waals surface area contributed by atoms with Gasteiger partial charge in [-0.3, -0.25) is 9.69 Å². The molecule has 1 amide bonds. The lowest BCUT2D eigenvalue weighted by molar-refractivity contribution is -0.126. The van der Waals surface area contributed by atoms with Crippen LogP contribution in [-0.2, 0) is 16.0 Å². The van der Waals surface area contributed by atoms with Gasteiger partial charge in [-0.25, -0.2) is 0 Å². The summed E-state index contributed by atoms with van der Waals surface area (Å²) in [6, 6.07) is 11.3. The van der Waals surface area contributed by atoms with Crippen LogP contribution in [0.5, 0.6) is 0 Å². The number of nitrogens with one attached hydrogen (secondary N) is 1. The first-order valence-electron chi connectivity index (χ1n) is 9.26. The molecule has 0 aliphatic carbocycles. The van der Waals surface area contributed by atoms with Gasteiger partial charge in [0.05, 0.1) is 12.6 Å². The van der Waals surface area contributed by atoms with E-state index in [-0.39, 0.29) is 11.9 Å². The third kappa shape index (κ3) is 5.60. The van der Waals surface area contributed by atoms with Gasteiger partial charge in [0.1, 0.15) is 0 Å². The van der Waals surface area contributed by atoms with Gasteiger partial charge in [0.2, 0.25) is 5.91 Å². The first kappa shape index (κ1) is 18.9. The van der Waals surface area contributed by atoms with E-state index in [1.807, 2.05) is 25.1 Å². The predicted molar refractivity (Wildman–Crippen MR) is 98.1 cm³/mol. The Morgan fingerprint density at radius 1 is 1.21 bits per heavy atom. The summed E-state index contributed by atoms with van der Waals surface area (Å²) in [6.45, 7) is 8.56. The van der Waals surface area contributed by atoms with Crippen molar-refractivity contribution in [1.82, 2.24) is 10.2 Å². The maximum absolute atomic E-state index is 12.3. The maximum atomic E-state index is 12.3. The molecule has 134 valence electrons. The molecule has 1 fully saturated rings. The van der Waals surface area contributed by atoms with Crippen LogP contribution in [0.25, 0.3) is 0 Å². The lowest BCUT2D eigenvalue weighted by Gasteiger charge is -2.31. The number of rotatable bonds is 9. The second-order valence-electron chi connectivity index (χ2n) is 6.89. The highest BCUT2D eigenvalue weighted by Crippen LogP contribution is 2.25. The number of hydrogen-bond acceptors (Lipinski definition) is 3. The number of benzene rings is 1. The van der Waals surface area contributed by atoms with Crippen molar-refractivity contribution < 1.29 is 9.53 Å². The molecule has 1 aromatic carbocycles. The molecule has 2 rings (SSSR count). The van der Waals surface area contributed by atoms with E-state index in [9.17, 15) is 4.79 Å². The van der Waals surface area contributed by atoms with E-state index in [1.165, 1.54) is 18.4 Å². The molecule has 0 radical (unpaired) electrons. The Bertz CT molecular complexity index is 482. The zero-order chi connectivity index (χ0) is 17.4. The van der Waals surface area contributed by atoms with Gasteiger partial charge in [-0.1, -0.05) is 30.3 Å². The Morgan fingerprint density at radius 2 is 1.88 bits per heavy atom. The van der Waals surface area contributed by atoms with Crippen LogP contribution in [0.2, 0.25) is 0 Å². The minimum atomic E-state index is -0.0449. The highest BCUT2D eigenvalue weighted by atomic mass is 16.5. The first-order valence-corrected chi connectivity index (χ1v) is 9.26. The molecular weight excluding hydrogens is 300 g/mol. The summed E-state index contributed by atoms with van der Waals surface area (Å²) in [5.74, 6) is 0.139. The van der Waals surface area contributed by atoms with Crippen molar-refractivity contribution in [2.24, 2.45) is 0 Å². The van der Waals surface area contributed by atoms with E-state index >= 15 is 0 Å². The highest BCUT2D eigenvalue weighted by Gasteiger charge is 2.33. The third-order valence-electron chi connectivity index (χ3n) is 4.99. The van der Waals surface area contributed by atoms with Crippen LogP contribution in [0.4, 0.5) is 0 Å². The monoisotopic (exact) mass is 332 g/mol. The molecule has 0 bridgehead atoms. The molecule has 4 nitrogen and oxygen atoms in total. The van der Waals surface area contributed by atoms with Crippen molar-refractivity contribution in [2.45, 2.75) is 64.6 Å². The van der Waals surface area contributed by atoms with Gasteiger partial charge < -0.3 is 10.1 Å². The van der Waals surface area contributed by atoms with Gasteiger partial charge in [-0.05, 0) is 52.0 Å². The van der Waals surface area contributed by atoms with Gasteiger partial charge in [-0.2, -0.15) is 0 Å². The highest BCUT2D eigenvalue weighted by molar-refractivity contribution is 5.81. The van der Waals surface area contributed by atoms with Crippen molar-refractivity contribution >= 4 is 5.91 Å². The first-order chi connectivity index (χ1) is 11.6. The number of carbonyl (C=O) groups is 1. The number of likely N-dealkylation sites (tertiary alicyclic amines) is 1. The van der Waals surface area contributed by atoms with E-state index < -0.39 is 0 Å². The number of hydrogen-bond donors (Lipinski definition) is 1. The largest absolute Gasteiger partial charge is 0.381 e.